The van der Waals surface area contributed by atoms with Crippen LogP contribution in [0.15, 0.2) is 55.6 Å². The number of hydrogen-bond acceptors (Lipinski definition) is 5. The molecule has 7 nitrogen and oxygen atoms in total. The molecule has 3 aliphatic rings. The molecule has 3 fully saturated rings. The number of benzene rings is 1. The lowest BCUT2D eigenvalue weighted by molar-refractivity contribution is -0.146. The topological polar surface area (TPSA) is 81.2 Å². The van der Waals surface area contributed by atoms with Crippen LogP contribution in [0.4, 0.5) is 0 Å². The fourth-order valence-electron chi connectivity index (χ4n) is 7.12. The third-order valence-corrected chi connectivity index (χ3v) is 10.9. The van der Waals surface area contributed by atoms with Gasteiger partial charge in [-0.25, -0.2) is 0 Å². The van der Waals surface area contributed by atoms with Gasteiger partial charge in [-0.2, -0.15) is 0 Å². The van der Waals surface area contributed by atoms with Crippen LogP contribution in [0.5, 0.6) is 0 Å². The molecule has 8 heteroatoms. The van der Waals surface area contributed by atoms with Gasteiger partial charge in [-0.1, -0.05) is 62.2 Å². The molecule has 1 spiro atoms. The van der Waals surface area contributed by atoms with E-state index in [4.69, 9.17) is 0 Å². The van der Waals surface area contributed by atoms with Gasteiger partial charge in [-0.3, -0.25) is 14.4 Å². The Morgan fingerprint density at radius 1 is 1.07 bits per heavy atom. The number of thioether (sulfide) groups is 1. The van der Waals surface area contributed by atoms with E-state index < -0.39 is 27.4 Å². The zero-order valence-electron chi connectivity index (χ0n) is 24.1. The van der Waals surface area contributed by atoms with Crippen LogP contribution in [-0.4, -0.2) is 85.8 Å². The first kappa shape index (κ1) is 30.4. The molecule has 3 saturated heterocycles. The number of nitrogens with zero attached hydrogens (tertiary/aromatic N) is 3. The van der Waals surface area contributed by atoms with Gasteiger partial charge in [-0.05, 0) is 38.2 Å². The second kappa shape index (κ2) is 12.9. The van der Waals surface area contributed by atoms with Crippen LogP contribution in [-0.2, 0) is 20.9 Å². The van der Waals surface area contributed by atoms with Crippen LogP contribution in [0, 0.1) is 11.8 Å². The number of unbranched alkanes of at least 4 members (excludes halogenated alkanes) is 2. The molecule has 4 rings (SSSR count). The van der Waals surface area contributed by atoms with E-state index in [2.05, 4.69) is 27.0 Å². The van der Waals surface area contributed by atoms with Gasteiger partial charge in [0.05, 0.1) is 16.6 Å². The van der Waals surface area contributed by atoms with Gasteiger partial charge in [0.2, 0.25) is 17.7 Å². The zero-order valence-corrected chi connectivity index (χ0v) is 24.9. The minimum atomic E-state index is -0.657. The molecule has 3 amide bonds. The highest BCUT2D eigenvalue weighted by Crippen LogP contribution is 2.71. The molecule has 0 aromatic heterocycles. The fourth-order valence-corrected chi connectivity index (χ4v) is 9.47. The number of aliphatic hydroxyl groups is 1. The highest BCUT2D eigenvalue weighted by molar-refractivity contribution is 8.02. The molecule has 0 aliphatic carbocycles. The summed E-state index contributed by atoms with van der Waals surface area (Å²) in [6.07, 6.45) is 8.35. The van der Waals surface area contributed by atoms with Gasteiger partial charge in [0, 0.05) is 44.1 Å². The van der Waals surface area contributed by atoms with Crippen molar-refractivity contribution in [1.82, 2.24) is 14.7 Å². The van der Waals surface area contributed by atoms with E-state index in [0.29, 0.717) is 39.1 Å². The predicted octanol–water partition coefficient (Wildman–Crippen LogP) is 4.27. The second-order valence-electron chi connectivity index (χ2n) is 11.6. The molecule has 1 aromatic rings. The van der Waals surface area contributed by atoms with Gasteiger partial charge in [0.25, 0.3) is 0 Å². The van der Waals surface area contributed by atoms with Crippen molar-refractivity contribution in [3.63, 3.8) is 0 Å². The van der Waals surface area contributed by atoms with Crippen molar-refractivity contribution in [3.05, 3.63) is 61.2 Å². The van der Waals surface area contributed by atoms with Crippen LogP contribution in [0.3, 0.4) is 0 Å². The summed E-state index contributed by atoms with van der Waals surface area (Å²) in [5, 5.41) is 9.64. The highest BCUT2D eigenvalue weighted by atomic mass is 32.2. The average Bonchev–Trinajstić information content (AvgIpc) is 3.51. The van der Waals surface area contributed by atoms with E-state index in [9.17, 15) is 19.5 Å². The van der Waals surface area contributed by atoms with Gasteiger partial charge < -0.3 is 19.8 Å². The van der Waals surface area contributed by atoms with Crippen LogP contribution in [0.1, 0.15) is 57.9 Å². The quantitative estimate of drug-likeness (QED) is 0.253. The monoisotopic (exact) mass is 567 g/mol. The lowest BCUT2D eigenvalue weighted by Gasteiger charge is -2.38. The van der Waals surface area contributed by atoms with Crippen LogP contribution in [0.2, 0.25) is 0 Å². The summed E-state index contributed by atoms with van der Waals surface area (Å²) in [6, 6.07) is 9.22. The zero-order chi connectivity index (χ0) is 28.9. The summed E-state index contributed by atoms with van der Waals surface area (Å²) >= 11 is 1.70. The third-order valence-electron chi connectivity index (χ3n) is 8.90. The molecule has 3 aliphatic heterocycles. The fraction of sp³-hybridized carbons (Fsp3) is 0.594. The smallest absolute Gasteiger partial charge is 0.247 e. The Morgan fingerprint density at radius 2 is 1.77 bits per heavy atom. The number of carbonyl (C=O) groups excluding carboxylic acids is 3. The number of fused-ring (bicyclic) bond motifs is 1. The lowest BCUT2D eigenvalue weighted by atomic mass is 9.66. The van der Waals surface area contributed by atoms with Crippen molar-refractivity contribution >= 4 is 29.5 Å². The van der Waals surface area contributed by atoms with Crippen molar-refractivity contribution in [2.24, 2.45) is 11.8 Å². The summed E-state index contributed by atoms with van der Waals surface area (Å²) in [4.78, 5) is 48.3. The molecule has 0 radical (unpaired) electrons. The van der Waals surface area contributed by atoms with Crippen molar-refractivity contribution in [2.75, 3.05) is 32.8 Å². The Balaban J connectivity index is 1.70. The molecule has 3 heterocycles. The summed E-state index contributed by atoms with van der Waals surface area (Å²) in [7, 11) is 0. The number of likely N-dealkylation sites (tertiary alicyclic amines) is 1. The van der Waals surface area contributed by atoms with Crippen molar-refractivity contribution in [3.8, 4) is 0 Å². The number of amides is 3. The van der Waals surface area contributed by atoms with E-state index >= 15 is 0 Å². The molecular weight excluding hydrogens is 522 g/mol. The first-order valence-electron chi connectivity index (χ1n) is 14.7. The molecule has 0 saturated carbocycles. The van der Waals surface area contributed by atoms with E-state index in [0.717, 1.165) is 37.7 Å². The molecular formula is C32H45N3O4S. The van der Waals surface area contributed by atoms with Crippen LogP contribution >= 0.6 is 11.8 Å². The van der Waals surface area contributed by atoms with Crippen molar-refractivity contribution < 1.29 is 19.5 Å². The minimum absolute atomic E-state index is 0.0419. The minimum Gasteiger partial charge on any atom is -0.396 e. The Labute approximate surface area is 243 Å². The van der Waals surface area contributed by atoms with Gasteiger partial charge in [-0.15, -0.1) is 24.9 Å². The summed E-state index contributed by atoms with van der Waals surface area (Å²) in [6.45, 7) is 14.1. The van der Waals surface area contributed by atoms with Crippen molar-refractivity contribution in [2.45, 2.75) is 74.5 Å². The first-order valence-corrected chi connectivity index (χ1v) is 15.5. The number of hydrogen-bond donors (Lipinski definition) is 1. The van der Waals surface area contributed by atoms with Gasteiger partial charge in [0.15, 0.2) is 0 Å². The van der Waals surface area contributed by atoms with E-state index in [1.54, 1.807) is 28.8 Å². The number of aliphatic hydroxyl groups excluding tert-OH is 1. The molecule has 1 aromatic carbocycles. The Hall–Kier alpha value is -2.58. The number of rotatable bonds is 15. The molecule has 5 atom stereocenters. The number of carbonyl (C=O) groups is 3. The SMILES string of the molecule is C=CCN(CCCCC)C(=O)C1N(CCCO)C(=O)[C@@H]2[C@@H](C(=O)N(CC=C)Cc3ccccc3)[C@@]3(C)CCC12S3. The third kappa shape index (κ3) is 5.49. The van der Waals surface area contributed by atoms with Crippen molar-refractivity contribution in [1.29, 1.82) is 0 Å². The lowest BCUT2D eigenvalue weighted by Crippen LogP contribution is -2.55. The second-order valence-corrected chi connectivity index (χ2v) is 13.5. The average molecular weight is 568 g/mol. The van der Waals surface area contributed by atoms with Crippen LogP contribution in [0.25, 0.3) is 0 Å². The molecule has 1 N–H and O–H groups in total. The van der Waals surface area contributed by atoms with Gasteiger partial charge >= 0.3 is 0 Å². The summed E-state index contributed by atoms with van der Waals surface area (Å²) < 4.78 is -1.09. The van der Waals surface area contributed by atoms with E-state index in [1.807, 2.05) is 40.1 Å². The normalized spacial score (nSPS) is 28.4. The summed E-state index contributed by atoms with van der Waals surface area (Å²) in [5.74, 6) is -1.31. The predicted molar refractivity (Wildman–Crippen MR) is 161 cm³/mol. The van der Waals surface area contributed by atoms with E-state index in [-0.39, 0.29) is 24.3 Å². The molecule has 40 heavy (non-hydrogen) atoms. The Kier molecular flexibility index (Phi) is 9.83. The standard InChI is InChI=1S/C32H45N3O4S/c1-5-8-12-20-33(18-6-2)30(39)27-32-17-16-31(4,40-32)25(26(32)29(38)35(27)21-13-22-36)28(37)34(19-7-3)23-24-14-10-9-11-15-24/h6-7,9-11,14-15,25-27,36H,2-3,5,8,12-13,16-23H2,1,4H3/t25-,26-,27?,31+,32?/m0/s1. The van der Waals surface area contributed by atoms with Gasteiger partial charge in [0.1, 0.15) is 6.04 Å². The molecule has 218 valence electrons. The van der Waals surface area contributed by atoms with E-state index in [1.165, 1.54) is 0 Å². The van der Waals surface area contributed by atoms with Crippen LogP contribution < -0.4 is 0 Å². The maximum absolute atomic E-state index is 14.4. The maximum atomic E-state index is 14.4. The summed E-state index contributed by atoms with van der Waals surface area (Å²) in [5.41, 5.74) is 1.02. The Bertz CT molecular complexity index is 1100. The molecule has 2 bridgehead atoms. The Morgan fingerprint density at radius 3 is 2.42 bits per heavy atom. The largest absolute Gasteiger partial charge is 0.396 e. The molecule has 2 unspecified atom stereocenters. The maximum Gasteiger partial charge on any atom is 0.247 e. The highest BCUT2D eigenvalue weighted by Gasteiger charge is 2.77. The first-order chi connectivity index (χ1) is 19.3.